The van der Waals surface area contributed by atoms with E-state index in [0.717, 1.165) is 4.90 Å². The third-order valence-electron chi connectivity index (χ3n) is 3.00. The first-order valence-electron chi connectivity index (χ1n) is 7.73. The zero-order valence-electron chi connectivity index (χ0n) is 14.9. The first kappa shape index (κ1) is 18.0. The van der Waals surface area contributed by atoms with Gasteiger partial charge in [0.05, 0.1) is 13.1 Å². The van der Waals surface area contributed by atoms with Crippen molar-refractivity contribution in [1.29, 1.82) is 0 Å². The monoisotopic (exact) mass is 337 g/mol. The van der Waals surface area contributed by atoms with Gasteiger partial charge in [-0.1, -0.05) is 0 Å². The highest BCUT2D eigenvalue weighted by Crippen LogP contribution is 2.19. The van der Waals surface area contributed by atoms with E-state index in [1.54, 1.807) is 41.5 Å². The molecular formula is C16H23N3O5. The summed E-state index contributed by atoms with van der Waals surface area (Å²) in [6.07, 6.45) is -0.709. The van der Waals surface area contributed by atoms with E-state index in [1.807, 2.05) is 0 Å². The van der Waals surface area contributed by atoms with Crippen LogP contribution in [0, 0.1) is 0 Å². The van der Waals surface area contributed by atoms with Gasteiger partial charge in [-0.05, 0) is 41.5 Å². The average molecular weight is 337 g/mol. The van der Waals surface area contributed by atoms with E-state index in [9.17, 15) is 14.4 Å². The van der Waals surface area contributed by atoms with Crippen molar-refractivity contribution >= 4 is 18.0 Å². The lowest BCUT2D eigenvalue weighted by molar-refractivity contribution is 0.00591. The van der Waals surface area contributed by atoms with Gasteiger partial charge in [0, 0.05) is 6.07 Å². The van der Waals surface area contributed by atoms with Crippen LogP contribution in [0.25, 0.3) is 0 Å². The van der Waals surface area contributed by atoms with Crippen LogP contribution in [0.3, 0.4) is 0 Å². The van der Waals surface area contributed by atoms with Crippen LogP contribution in [-0.2, 0) is 16.0 Å². The van der Waals surface area contributed by atoms with Gasteiger partial charge in [-0.3, -0.25) is 9.48 Å². The third kappa shape index (κ3) is 4.12. The summed E-state index contributed by atoms with van der Waals surface area (Å²) in [5.74, 6) is -1.15. The Balaban J connectivity index is 2.19. The van der Waals surface area contributed by atoms with E-state index in [0.29, 0.717) is 6.54 Å². The number of carbonyl (C=O) groups is 3. The number of hydrogen-bond acceptors (Lipinski definition) is 6. The summed E-state index contributed by atoms with van der Waals surface area (Å²) in [4.78, 5) is 37.7. The minimum atomic E-state index is -0.709. The fraction of sp³-hybridized carbons (Fsp3) is 0.625. The zero-order valence-corrected chi connectivity index (χ0v) is 14.9. The van der Waals surface area contributed by atoms with Gasteiger partial charge >= 0.3 is 12.1 Å². The maximum absolute atomic E-state index is 12.5. The first-order chi connectivity index (χ1) is 10.9. The summed E-state index contributed by atoms with van der Waals surface area (Å²) < 4.78 is 11.9. The summed E-state index contributed by atoms with van der Waals surface area (Å²) in [6.45, 7) is 10.8. The van der Waals surface area contributed by atoms with Crippen LogP contribution in [0.5, 0.6) is 0 Å². The second-order valence-corrected chi connectivity index (χ2v) is 7.58. The summed E-state index contributed by atoms with van der Waals surface area (Å²) >= 11 is 0. The Morgan fingerprint density at radius 3 is 2.17 bits per heavy atom. The van der Waals surface area contributed by atoms with Crippen LogP contribution >= 0.6 is 0 Å². The summed E-state index contributed by atoms with van der Waals surface area (Å²) in [5, 5.41) is 4.10. The van der Waals surface area contributed by atoms with E-state index in [4.69, 9.17) is 9.47 Å². The highest BCUT2D eigenvalue weighted by atomic mass is 16.6. The Morgan fingerprint density at radius 1 is 1.04 bits per heavy atom. The molecule has 2 rings (SSSR count). The van der Waals surface area contributed by atoms with Crippen molar-refractivity contribution in [1.82, 2.24) is 14.7 Å². The molecule has 0 saturated carbocycles. The van der Waals surface area contributed by atoms with Gasteiger partial charge in [-0.25, -0.2) is 14.5 Å². The van der Waals surface area contributed by atoms with Gasteiger partial charge in [-0.15, -0.1) is 0 Å². The molecule has 0 radical (unpaired) electrons. The molecule has 8 heteroatoms. The Bertz CT molecular complexity index is 679. The molecule has 0 N–H and O–H groups in total. The highest BCUT2D eigenvalue weighted by molar-refractivity contribution is 6.03. The lowest BCUT2D eigenvalue weighted by Crippen LogP contribution is -2.46. The molecule has 0 unspecified atom stereocenters. The molecule has 24 heavy (non-hydrogen) atoms. The maximum Gasteiger partial charge on any atom is 0.417 e. The van der Waals surface area contributed by atoms with Crippen molar-refractivity contribution in [2.75, 3.05) is 6.54 Å². The SMILES string of the molecule is CC(C)(C)OC(=O)c1cc2n(n1)CCN(C(=O)OC(C)(C)C)C2=O. The molecule has 0 atom stereocenters. The van der Waals surface area contributed by atoms with Crippen LogP contribution < -0.4 is 0 Å². The average Bonchev–Trinajstić information content (AvgIpc) is 2.79. The van der Waals surface area contributed by atoms with E-state index in [2.05, 4.69) is 5.10 Å². The van der Waals surface area contributed by atoms with Crippen molar-refractivity contribution in [3.05, 3.63) is 17.5 Å². The smallest absolute Gasteiger partial charge is 0.417 e. The fourth-order valence-corrected chi connectivity index (χ4v) is 2.12. The van der Waals surface area contributed by atoms with Gasteiger partial charge in [0.2, 0.25) is 0 Å². The predicted molar refractivity (Wildman–Crippen MR) is 84.7 cm³/mol. The fourth-order valence-electron chi connectivity index (χ4n) is 2.12. The number of rotatable bonds is 1. The number of fused-ring (bicyclic) bond motifs is 1. The Hall–Kier alpha value is -2.38. The number of carbonyl (C=O) groups excluding carboxylic acids is 3. The maximum atomic E-state index is 12.5. The van der Waals surface area contributed by atoms with E-state index in [1.165, 1.54) is 10.7 Å². The molecule has 0 saturated heterocycles. The largest absolute Gasteiger partial charge is 0.455 e. The van der Waals surface area contributed by atoms with Crippen LogP contribution in [0.1, 0.15) is 62.5 Å². The van der Waals surface area contributed by atoms with E-state index >= 15 is 0 Å². The van der Waals surface area contributed by atoms with Crippen molar-refractivity contribution in [2.45, 2.75) is 59.3 Å². The molecule has 0 spiro atoms. The molecule has 1 aromatic heterocycles. The highest BCUT2D eigenvalue weighted by Gasteiger charge is 2.35. The standard InChI is InChI=1S/C16H23N3O5/c1-15(2,3)23-13(21)10-9-11-12(20)18(7-8-19(11)17-10)14(22)24-16(4,5)6/h9H,7-8H2,1-6H3. The molecule has 0 bridgehead atoms. The molecule has 0 fully saturated rings. The van der Waals surface area contributed by atoms with Crippen molar-refractivity contribution in [3.63, 3.8) is 0 Å². The molecule has 8 nitrogen and oxygen atoms in total. The summed E-state index contributed by atoms with van der Waals surface area (Å²) in [6, 6.07) is 1.34. The van der Waals surface area contributed by atoms with Crippen molar-refractivity contribution in [2.24, 2.45) is 0 Å². The number of ether oxygens (including phenoxy) is 2. The second kappa shape index (κ2) is 5.92. The van der Waals surface area contributed by atoms with E-state index in [-0.39, 0.29) is 17.9 Å². The zero-order chi connectivity index (χ0) is 18.3. The number of hydrogen-bond donors (Lipinski definition) is 0. The number of amides is 2. The van der Waals surface area contributed by atoms with Crippen LogP contribution in [0.4, 0.5) is 4.79 Å². The predicted octanol–water partition coefficient (Wildman–Crippen LogP) is 2.23. The van der Waals surface area contributed by atoms with Gasteiger partial charge in [0.15, 0.2) is 5.69 Å². The normalized spacial score (nSPS) is 15.1. The molecular weight excluding hydrogens is 314 g/mol. The molecule has 1 aliphatic rings. The van der Waals surface area contributed by atoms with Crippen LogP contribution in [0.15, 0.2) is 6.07 Å². The second-order valence-electron chi connectivity index (χ2n) is 7.58. The topological polar surface area (TPSA) is 90.7 Å². The van der Waals surface area contributed by atoms with Crippen LogP contribution in [0.2, 0.25) is 0 Å². The Kier molecular flexibility index (Phi) is 4.43. The lowest BCUT2D eigenvalue weighted by atomic mass is 10.2. The molecule has 1 aromatic rings. The molecule has 2 heterocycles. The van der Waals surface area contributed by atoms with Crippen LogP contribution in [-0.4, -0.2) is 50.4 Å². The Labute approximate surface area is 140 Å². The number of nitrogens with zero attached hydrogens (tertiary/aromatic N) is 3. The summed E-state index contributed by atoms with van der Waals surface area (Å²) in [5.41, 5.74) is -1.16. The first-order valence-corrected chi connectivity index (χ1v) is 7.73. The third-order valence-corrected chi connectivity index (χ3v) is 3.00. The minimum Gasteiger partial charge on any atom is -0.455 e. The molecule has 2 amide bonds. The van der Waals surface area contributed by atoms with Gasteiger partial charge in [0.25, 0.3) is 5.91 Å². The van der Waals surface area contributed by atoms with Gasteiger partial charge in [-0.2, -0.15) is 5.10 Å². The quantitative estimate of drug-likeness (QED) is 0.730. The van der Waals surface area contributed by atoms with Crippen molar-refractivity contribution < 1.29 is 23.9 Å². The molecule has 0 aliphatic carbocycles. The minimum absolute atomic E-state index is 0.0410. The van der Waals surface area contributed by atoms with E-state index < -0.39 is 29.2 Å². The number of aromatic nitrogens is 2. The number of imide groups is 1. The molecule has 1 aliphatic heterocycles. The van der Waals surface area contributed by atoms with Gasteiger partial charge < -0.3 is 9.47 Å². The molecule has 132 valence electrons. The lowest BCUT2D eigenvalue weighted by Gasteiger charge is -2.28. The Morgan fingerprint density at radius 2 is 1.62 bits per heavy atom. The van der Waals surface area contributed by atoms with Crippen molar-refractivity contribution in [3.8, 4) is 0 Å². The van der Waals surface area contributed by atoms with Gasteiger partial charge in [0.1, 0.15) is 16.9 Å². The number of esters is 1. The summed E-state index contributed by atoms with van der Waals surface area (Å²) in [7, 11) is 0. The molecule has 0 aromatic carbocycles.